The first kappa shape index (κ1) is 10.4. The third-order valence-electron chi connectivity index (χ3n) is 2.00. The summed E-state index contributed by atoms with van der Waals surface area (Å²) >= 11 is 3.26. The Labute approximate surface area is 96.4 Å². The lowest BCUT2D eigenvalue weighted by Gasteiger charge is -2.02. The van der Waals surface area contributed by atoms with Gasteiger partial charge >= 0.3 is 0 Å². The molecule has 5 heteroatoms. The Morgan fingerprint density at radius 2 is 2.40 bits per heavy atom. The van der Waals surface area contributed by atoms with Gasteiger partial charge in [-0.2, -0.15) is 5.10 Å². The Kier molecular flexibility index (Phi) is 3.58. The summed E-state index contributed by atoms with van der Waals surface area (Å²) < 4.78 is 8.02. The van der Waals surface area contributed by atoms with Crippen LogP contribution in [-0.2, 0) is 13.1 Å². The summed E-state index contributed by atoms with van der Waals surface area (Å²) in [5.74, 6) is 0.933. The van der Waals surface area contributed by atoms with Crippen LogP contribution in [0.25, 0.3) is 0 Å². The van der Waals surface area contributed by atoms with Crippen LogP contribution in [-0.4, -0.2) is 16.3 Å². The summed E-state index contributed by atoms with van der Waals surface area (Å²) in [6.07, 6.45) is 3.73. The predicted octanol–water partition coefficient (Wildman–Crippen LogP) is 2.03. The second-order valence-corrected chi connectivity index (χ2v) is 3.93. The molecule has 1 N–H and O–H groups in total. The lowest BCUT2D eigenvalue weighted by molar-refractivity contribution is 0.456. The average molecular weight is 270 g/mol. The van der Waals surface area contributed by atoms with Crippen molar-refractivity contribution < 1.29 is 4.42 Å². The van der Waals surface area contributed by atoms with Crippen molar-refractivity contribution in [2.75, 3.05) is 6.54 Å². The molecule has 0 aromatic carbocycles. The van der Waals surface area contributed by atoms with E-state index in [0.717, 1.165) is 30.1 Å². The second kappa shape index (κ2) is 5.14. The van der Waals surface area contributed by atoms with Crippen LogP contribution in [0.5, 0.6) is 0 Å². The average Bonchev–Trinajstić information content (AvgIpc) is 2.84. The molecule has 0 aliphatic rings. The van der Waals surface area contributed by atoms with E-state index in [1.54, 1.807) is 6.20 Å². The molecular formula is C10H12BrN3O. The highest BCUT2D eigenvalue weighted by Crippen LogP contribution is 2.13. The zero-order valence-electron chi connectivity index (χ0n) is 8.19. The number of rotatable bonds is 5. The maximum atomic E-state index is 5.35. The van der Waals surface area contributed by atoms with E-state index in [-0.39, 0.29) is 0 Å². The smallest absolute Gasteiger partial charge is 0.169 e. The van der Waals surface area contributed by atoms with Crippen molar-refractivity contribution >= 4 is 15.9 Å². The first-order valence-corrected chi connectivity index (χ1v) is 5.56. The zero-order chi connectivity index (χ0) is 10.5. The minimum Gasteiger partial charge on any atom is -0.453 e. The van der Waals surface area contributed by atoms with Crippen LogP contribution >= 0.6 is 15.9 Å². The van der Waals surface area contributed by atoms with E-state index in [2.05, 4.69) is 26.3 Å². The Morgan fingerprint density at radius 1 is 1.47 bits per heavy atom. The van der Waals surface area contributed by atoms with E-state index in [4.69, 9.17) is 4.42 Å². The second-order valence-electron chi connectivity index (χ2n) is 3.15. The number of halogens is 1. The molecule has 0 unspecified atom stereocenters. The molecule has 0 saturated heterocycles. The van der Waals surface area contributed by atoms with Gasteiger partial charge in [-0.05, 0) is 34.1 Å². The van der Waals surface area contributed by atoms with Crippen LogP contribution in [0.2, 0.25) is 0 Å². The summed E-state index contributed by atoms with van der Waals surface area (Å²) in [5.41, 5.74) is 0. The highest BCUT2D eigenvalue weighted by Gasteiger charge is 1.98. The van der Waals surface area contributed by atoms with Crippen molar-refractivity contribution in [2.24, 2.45) is 0 Å². The van der Waals surface area contributed by atoms with Crippen LogP contribution in [0.4, 0.5) is 0 Å². The maximum Gasteiger partial charge on any atom is 0.169 e. The molecule has 80 valence electrons. The van der Waals surface area contributed by atoms with Gasteiger partial charge in [-0.1, -0.05) is 0 Å². The summed E-state index contributed by atoms with van der Waals surface area (Å²) in [6, 6.07) is 5.76. The van der Waals surface area contributed by atoms with Gasteiger partial charge in [0.1, 0.15) is 5.76 Å². The van der Waals surface area contributed by atoms with E-state index in [1.165, 1.54) is 0 Å². The largest absolute Gasteiger partial charge is 0.453 e. The SMILES string of the molecule is Brc1ccc(CNCCn2cccn2)o1. The fourth-order valence-corrected chi connectivity index (χ4v) is 1.62. The quantitative estimate of drug-likeness (QED) is 0.845. The topological polar surface area (TPSA) is 43.0 Å². The van der Waals surface area contributed by atoms with Gasteiger partial charge in [0, 0.05) is 18.9 Å². The fourth-order valence-electron chi connectivity index (χ4n) is 1.28. The number of hydrogen-bond donors (Lipinski definition) is 1. The van der Waals surface area contributed by atoms with Gasteiger partial charge < -0.3 is 9.73 Å². The lowest BCUT2D eigenvalue weighted by atomic mass is 10.4. The number of furan rings is 1. The fraction of sp³-hybridized carbons (Fsp3) is 0.300. The van der Waals surface area contributed by atoms with Crippen molar-refractivity contribution in [3.63, 3.8) is 0 Å². The molecule has 0 radical (unpaired) electrons. The third kappa shape index (κ3) is 3.21. The molecule has 0 fully saturated rings. The number of hydrogen-bond acceptors (Lipinski definition) is 3. The van der Waals surface area contributed by atoms with Crippen LogP contribution in [0.3, 0.4) is 0 Å². The molecule has 0 bridgehead atoms. The molecule has 0 aliphatic heterocycles. The highest BCUT2D eigenvalue weighted by molar-refractivity contribution is 9.10. The van der Waals surface area contributed by atoms with Gasteiger partial charge in [-0.25, -0.2) is 0 Å². The molecule has 2 rings (SSSR count). The molecule has 0 aliphatic carbocycles. The van der Waals surface area contributed by atoms with Gasteiger partial charge in [-0.15, -0.1) is 0 Å². The molecule has 0 saturated carbocycles. The molecule has 2 aromatic heterocycles. The van der Waals surface area contributed by atoms with E-state index in [1.807, 2.05) is 29.1 Å². The van der Waals surface area contributed by atoms with Gasteiger partial charge in [0.05, 0.1) is 13.1 Å². The highest BCUT2D eigenvalue weighted by atomic mass is 79.9. The zero-order valence-corrected chi connectivity index (χ0v) is 9.77. The molecule has 2 heterocycles. The molecule has 0 spiro atoms. The molecule has 4 nitrogen and oxygen atoms in total. The van der Waals surface area contributed by atoms with Crippen LogP contribution < -0.4 is 5.32 Å². The van der Waals surface area contributed by atoms with Crippen LogP contribution in [0.1, 0.15) is 5.76 Å². The number of nitrogens with zero attached hydrogens (tertiary/aromatic N) is 2. The van der Waals surface area contributed by atoms with Gasteiger partial charge in [0.25, 0.3) is 0 Å². The predicted molar refractivity (Wildman–Crippen MR) is 60.3 cm³/mol. The molecule has 2 aromatic rings. The van der Waals surface area contributed by atoms with Crippen LogP contribution in [0, 0.1) is 0 Å². The first-order valence-electron chi connectivity index (χ1n) is 4.77. The van der Waals surface area contributed by atoms with E-state index >= 15 is 0 Å². The van der Waals surface area contributed by atoms with Gasteiger partial charge in [-0.3, -0.25) is 4.68 Å². The third-order valence-corrected chi connectivity index (χ3v) is 2.43. The number of aromatic nitrogens is 2. The van der Waals surface area contributed by atoms with Crippen molar-refractivity contribution in [1.29, 1.82) is 0 Å². The van der Waals surface area contributed by atoms with E-state index < -0.39 is 0 Å². The Bertz CT molecular complexity index is 396. The Hall–Kier alpha value is -1.07. The van der Waals surface area contributed by atoms with E-state index in [9.17, 15) is 0 Å². The Morgan fingerprint density at radius 3 is 3.07 bits per heavy atom. The van der Waals surface area contributed by atoms with Crippen molar-refractivity contribution in [3.05, 3.63) is 41.0 Å². The molecule has 15 heavy (non-hydrogen) atoms. The monoisotopic (exact) mass is 269 g/mol. The molecule has 0 amide bonds. The number of nitrogens with one attached hydrogen (secondary N) is 1. The van der Waals surface area contributed by atoms with Crippen LogP contribution in [0.15, 0.2) is 39.7 Å². The standard InChI is InChI=1S/C10H12BrN3O/c11-10-3-2-9(15-10)8-12-5-7-14-6-1-4-13-14/h1-4,6,12H,5,7-8H2. The van der Waals surface area contributed by atoms with Crippen molar-refractivity contribution in [1.82, 2.24) is 15.1 Å². The van der Waals surface area contributed by atoms with Gasteiger partial charge in [0.15, 0.2) is 4.67 Å². The Balaban J connectivity index is 1.67. The molecule has 0 atom stereocenters. The summed E-state index contributed by atoms with van der Waals surface area (Å²) in [4.78, 5) is 0. The normalized spacial score (nSPS) is 10.7. The minimum atomic E-state index is 0.743. The molecular weight excluding hydrogens is 258 g/mol. The van der Waals surface area contributed by atoms with Crippen molar-refractivity contribution in [3.8, 4) is 0 Å². The van der Waals surface area contributed by atoms with Gasteiger partial charge in [0.2, 0.25) is 0 Å². The van der Waals surface area contributed by atoms with E-state index in [0.29, 0.717) is 0 Å². The summed E-state index contributed by atoms with van der Waals surface area (Å²) in [7, 11) is 0. The maximum absolute atomic E-state index is 5.35. The van der Waals surface area contributed by atoms with Crippen molar-refractivity contribution in [2.45, 2.75) is 13.1 Å². The minimum absolute atomic E-state index is 0.743. The summed E-state index contributed by atoms with van der Waals surface area (Å²) in [5, 5.41) is 7.39. The lowest BCUT2D eigenvalue weighted by Crippen LogP contribution is -2.19. The summed E-state index contributed by atoms with van der Waals surface area (Å²) in [6.45, 7) is 2.49. The first-order chi connectivity index (χ1) is 7.34.